The highest BCUT2D eigenvalue weighted by Crippen LogP contribution is 2.30. The van der Waals surface area contributed by atoms with Gasteiger partial charge in [0.1, 0.15) is 5.15 Å². The number of fused-ring (bicyclic) bond motifs is 1. The molecule has 0 fully saturated rings. The first-order valence-electron chi connectivity index (χ1n) is 7.29. The zero-order valence-electron chi connectivity index (χ0n) is 12.3. The van der Waals surface area contributed by atoms with E-state index in [1.54, 1.807) is 0 Å². The Labute approximate surface area is 138 Å². The van der Waals surface area contributed by atoms with E-state index in [0.29, 0.717) is 5.15 Å². The average Bonchev–Trinajstić information content (AvgIpc) is 2.96. The molecule has 1 atom stereocenters. The van der Waals surface area contributed by atoms with Gasteiger partial charge in [-0.05, 0) is 36.1 Å². The lowest BCUT2D eigenvalue weighted by Gasteiger charge is -2.14. The molecular formula is C17H15ClN2O3. The number of amides is 1. The number of benzene rings is 1. The molecule has 1 heterocycles. The number of aryl methyl sites for hydroxylation is 1. The lowest BCUT2D eigenvalue weighted by Crippen LogP contribution is -2.31. The van der Waals surface area contributed by atoms with Gasteiger partial charge in [-0.1, -0.05) is 35.9 Å². The number of hydrogen-bond acceptors (Lipinski definition) is 4. The first-order valence-corrected chi connectivity index (χ1v) is 7.67. The predicted molar refractivity (Wildman–Crippen MR) is 85.2 cm³/mol. The fraction of sp³-hybridized carbons (Fsp3) is 0.235. The molecule has 0 unspecified atom stereocenters. The minimum Gasteiger partial charge on any atom is -0.452 e. The van der Waals surface area contributed by atoms with E-state index in [-0.39, 0.29) is 24.1 Å². The van der Waals surface area contributed by atoms with Crippen molar-refractivity contribution in [2.45, 2.75) is 18.9 Å². The zero-order valence-corrected chi connectivity index (χ0v) is 13.0. The van der Waals surface area contributed by atoms with Crippen molar-refractivity contribution in [2.24, 2.45) is 0 Å². The van der Waals surface area contributed by atoms with Crippen LogP contribution in [0.1, 0.15) is 33.9 Å². The summed E-state index contributed by atoms with van der Waals surface area (Å²) in [6.45, 7) is -0.319. The SMILES string of the molecule is O=C(COC(=O)c1ccc(Cl)nc1)N[C@H]1CCc2ccccc21. The Morgan fingerprint density at radius 1 is 1.26 bits per heavy atom. The van der Waals surface area contributed by atoms with Crippen LogP contribution in [0.2, 0.25) is 5.15 Å². The van der Waals surface area contributed by atoms with Gasteiger partial charge >= 0.3 is 5.97 Å². The Morgan fingerprint density at radius 3 is 2.87 bits per heavy atom. The number of carbonyl (C=O) groups excluding carboxylic acids is 2. The van der Waals surface area contributed by atoms with Crippen LogP contribution in [0.15, 0.2) is 42.6 Å². The molecule has 1 amide bonds. The average molecular weight is 331 g/mol. The van der Waals surface area contributed by atoms with Gasteiger partial charge in [0.25, 0.3) is 5.91 Å². The van der Waals surface area contributed by atoms with Crippen molar-refractivity contribution in [3.8, 4) is 0 Å². The molecule has 0 saturated carbocycles. The summed E-state index contributed by atoms with van der Waals surface area (Å²) in [5.41, 5.74) is 2.64. The normalized spacial score (nSPS) is 15.8. The third-order valence-corrected chi connectivity index (χ3v) is 3.99. The van der Waals surface area contributed by atoms with E-state index in [2.05, 4.69) is 16.4 Å². The minimum absolute atomic E-state index is 0.0189. The molecule has 1 aromatic heterocycles. The van der Waals surface area contributed by atoms with E-state index in [1.807, 2.05) is 18.2 Å². The van der Waals surface area contributed by atoms with Crippen molar-refractivity contribution < 1.29 is 14.3 Å². The van der Waals surface area contributed by atoms with Crippen molar-refractivity contribution in [3.05, 3.63) is 64.4 Å². The molecule has 1 N–H and O–H groups in total. The van der Waals surface area contributed by atoms with Crippen LogP contribution in [-0.4, -0.2) is 23.5 Å². The van der Waals surface area contributed by atoms with E-state index in [4.69, 9.17) is 16.3 Å². The first kappa shape index (κ1) is 15.5. The van der Waals surface area contributed by atoms with Crippen LogP contribution in [0.5, 0.6) is 0 Å². The molecule has 118 valence electrons. The highest BCUT2D eigenvalue weighted by atomic mass is 35.5. The van der Waals surface area contributed by atoms with Crippen LogP contribution in [0.25, 0.3) is 0 Å². The summed E-state index contributed by atoms with van der Waals surface area (Å²) in [5, 5.41) is 3.19. The number of aromatic nitrogens is 1. The maximum Gasteiger partial charge on any atom is 0.340 e. The summed E-state index contributed by atoms with van der Waals surface area (Å²) < 4.78 is 4.99. The first-order chi connectivity index (χ1) is 11.1. The number of halogens is 1. The van der Waals surface area contributed by atoms with Crippen molar-refractivity contribution in [2.75, 3.05) is 6.61 Å². The number of carbonyl (C=O) groups is 2. The molecule has 0 bridgehead atoms. The summed E-state index contributed by atoms with van der Waals surface area (Å²) >= 11 is 5.65. The monoisotopic (exact) mass is 330 g/mol. The molecule has 5 nitrogen and oxygen atoms in total. The fourth-order valence-electron chi connectivity index (χ4n) is 2.65. The summed E-state index contributed by atoms with van der Waals surface area (Å²) in [4.78, 5) is 27.6. The second kappa shape index (κ2) is 6.79. The van der Waals surface area contributed by atoms with Gasteiger partial charge in [-0.2, -0.15) is 0 Å². The van der Waals surface area contributed by atoms with E-state index < -0.39 is 5.97 Å². The molecule has 0 aliphatic heterocycles. The Morgan fingerprint density at radius 2 is 2.09 bits per heavy atom. The highest BCUT2D eigenvalue weighted by molar-refractivity contribution is 6.29. The third-order valence-electron chi connectivity index (χ3n) is 3.77. The van der Waals surface area contributed by atoms with Crippen LogP contribution >= 0.6 is 11.6 Å². The topological polar surface area (TPSA) is 68.3 Å². The van der Waals surface area contributed by atoms with Gasteiger partial charge in [-0.15, -0.1) is 0 Å². The highest BCUT2D eigenvalue weighted by Gasteiger charge is 2.23. The molecule has 0 saturated heterocycles. The number of esters is 1. The van der Waals surface area contributed by atoms with E-state index >= 15 is 0 Å². The summed E-state index contributed by atoms with van der Waals surface area (Å²) in [6, 6.07) is 11.0. The lowest BCUT2D eigenvalue weighted by molar-refractivity contribution is -0.125. The molecule has 23 heavy (non-hydrogen) atoms. The summed E-state index contributed by atoms with van der Waals surface area (Å²) in [5.74, 6) is -0.918. The van der Waals surface area contributed by atoms with Crippen molar-refractivity contribution in [1.82, 2.24) is 10.3 Å². The molecule has 3 rings (SSSR count). The Kier molecular flexibility index (Phi) is 4.57. The molecule has 6 heteroatoms. The summed E-state index contributed by atoms with van der Waals surface area (Å²) in [7, 11) is 0. The van der Waals surface area contributed by atoms with E-state index in [9.17, 15) is 9.59 Å². The number of pyridine rings is 1. The summed E-state index contributed by atoms with van der Waals surface area (Å²) in [6.07, 6.45) is 3.12. The maximum atomic E-state index is 12.0. The Balaban J connectivity index is 1.52. The van der Waals surface area contributed by atoms with Crippen LogP contribution in [-0.2, 0) is 16.0 Å². The van der Waals surface area contributed by atoms with Gasteiger partial charge in [0.05, 0.1) is 11.6 Å². The van der Waals surface area contributed by atoms with E-state index in [1.165, 1.54) is 23.9 Å². The lowest BCUT2D eigenvalue weighted by atomic mass is 10.1. The van der Waals surface area contributed by atoms with Gasteiger partial charge in [0, 0.05) is 6.20 Å². The van der Waals surface area contributed by atoms with Gasteiger partial charge in [0.15, 0.2) is 6.61 Å². The minimum atomic E-state index is -0.601. The van der Waals surface area contributed by atoms with Crippen LogP contribution in [0.4, 0.5) is 0 Å². The number of nitrogens with one attached hydrogen (secondary N) is 1. The van der Waals surface area contributed by atoms with E-state index in [0.717, 1.165) is 18.4 Å². The smallest absolute Gasteiger partial charge is 0.340 e. The number of ether oxygens (including phenoxy) is 1. The molecule has 1 aliphatic carbocycles. The number of rotatable bonds is 4. The van der Waals surface area contributed by atoms with Crippen LogP contribution in [0.3, 0.4) is 0 Å². The maximum absolute atomic E-state index is 12.0. The molecule has 0 radical (unpaired) electrons. The van der Waals surface area contributed by atoms with Gasteiger partial charge in [-0.25, -0.2) is 9.78 Å². The Bertz CT molecular complexity index is 731. The van der Waals surface area contributed by atoms with Crippen molar-refractivity contribution in [1.29, 1.82) is 0 Å². The van der Waals surface area contributed by atoms with Gasteiger partial charge in [0.2, 0.25) is 0 Å². The van der Waals surface area contributed by atoms with Crippen molar-refractivity contribution in [3.63, 3.8) is 0 Å². The van der Waals surface area contributed by atoms with Crippen molar-refractivity contribution >= 4 is 23.5 Å². The molecule has 1 aliphatic rings. The molecular weight excluding hydrogens is 316 g/mol. The van der Waals surface area contributed by atoms with Gasteiger partial charge in [-0.3, -0.25) is 4.79 Å². The third kappa shape index (κ3) is 3.68. The largest absolute Gasteiger partial charge is 0.452 e. The standard InChI is InChI=1S/C17H15ClN2O3/c18-15-8-6-12(9-19-15)17(22)23-10-16(21)20-14-7-5-11-3-1-2-4-13(11)14/h1-4,6,8-9,14H,5,7,10H2,(H,20,21)/t14-/m0/s1. The molecule has 1 aromatic carbocycles. The van der Waals surface area contributed by atoms with Gasteiger partial charge < -0.3 is 10.1 Å². The second-order valence-electron chi connectivity index (χ2n) is 5.30. The molecule has 0 spiro atoms. The Hall–Kier alpha value is -2.40. The number of hydrogen-bond donors (Lipinski definition) is 1. The van der Waals surface area contributed by atoms with Crippen LogP contribution in [0, 0.1) is 0 Å². The zero-order chi connectivity index (χ0) is 16.2. The van der Waals surface area contributed by atoms with Crippen LogP contribution < -0.4 is 5.32 Å². The number of nitrogens with zero attached hydrogens (tertiary/aromatic N) is 1. The second-order valence-corrected chi connectivity index (χ2v) is 5.69. The fourth-order valence-corrected chi connectivity index (χ4v) is 2.77. The quantitative estimate of drug-likeness (QED) is 0.691. The molecule has 2 aromatic rings. The predicted octanol–water partition coefficient (Wildman–Crippen LogP) is 2.70.